The molecule has 6 aliphatic rings. The highest BCUT2D eigenvalue weighted by molar-refractivity contribution is 5.94. The number of esters is 1. The zero-order valence-electron chi connectivity index (χ0n) is 23.2. The van der Waals surface area contributed by atoms with Crippen LogP contribution in [0.4, 0.5) is 4.39 Å². The molecule has 212 valence electrons. The number of halogens is 1. The number of cyclic esters (lactones) is 1. The summed E-state index contributed by atoms with van der Waals surface area (Å²) in [4.78, 5) is 44.8. The van der Waals surface area contributed by atoms with Crippen LogP contribution in [0.2, 0.25) is 0 Å². The molecular formula is C31H31FN4O5. The molecule has 2 aromatic heterocycles. The topological polar surface area (TPSA) is 123 Å². The van der Waals surface area contributed by atoms with E-state index in [1.165, 1.54) is 6.07 Å². The third-order valence-electron chi connectivity index (χ3n) is 10.7. The fraction of sp³-hybridized carbons (Fsp3) is 0.484. The van der Waals surface area contributed by atoms with Crippen molar-refractivity contribution in [3.05, 3.63) is 61.7 Å². The summed E-state index contributed by atoms with van der Waals surface area (Å²) < 4.78 is 21.9. The molecule has 4 aliphatic carbocycles. The van der Waals surface area contributed by atoms with E-state index in [9.17, 15) is 19.5 Å². The minimum absolute atomic E-state index is 0.0452. The first-order valence-corrected chi connectivity index (χ1v) is 14.4. The normalized spacial score (nSPS) is 30.1. The van der Waals surface area contributed by atoms with Gasteiger partial charge in [0.1, 0.15) is 12.4 Å². The van der Waals surface area contributed by atoms with Crippen molar-refractivity contribution in [1.82, 2.24) is 20.2 Å². The van der Waals surface area contributed by atoms with Crippen LogP contribution in [0.5, 0.6) is 0 Å². The van der Waals surface area contributed by atoms with Gasteiger partial charge in [0, 0.05) is 28.1 Å². The van der Waals surface area contributed by atoms with Crippen LogP contribution >= 0.6 is 0 Å². The van der Waals surface area contributed by atoms with Crippen LogP contribution in [0.1, 0.15) is 78.5 Å². The van der Waals surface area contributed by atoms with Crippen molar-refractivity contribution in [1.29, 1.82) is 0 Å². The Kier molecular flexibility index (Phi) is 4.78. The molecule has 3 saturated carbocycles. The molecule has 41 heavy (non-hydrogen) atoms. The lowest BCUT2D eigenvalue weighted by Crippen LogP contribution is -2.77. The van der Waals surface area contributed by atoms with Gasteiger partial charge in [-0.2, -0.15) is 0 Å². The Balaban J connectivity index is 1.31. The Morgan fingerprint density at radius 1 is 1.22 bits per heavy atom. The molecule has 9 nitrogen and oxygen atoms in total. The van der Waals surface area contributed by atoms with E-state index in [0.717, 1.165) is 41.3 Å². The number of benzene rings is 1. The Morgan fingerprint density at radius 3 is 2.68 bits per heavy atom. The predicted molar refractivity (Wildman–Crippen MR) is 146 cm³/mol. The minimum atomic E-state index is -1.93. The lowest BCUT2D eigenvalue weighted by molar-refractivity contribution is -0.180. The summed E-state index contributed by atoms with van der Waals surface area (Å²) in [5, 5.41) is 18.8. The van der Waals surface area contributed by atoms with Crippen molar-refractivity contribution >= 4 is 22.8 Å². The Labute approximate surface area is 235 Å². The SMILES string of the molecule is CC[C@@]1(O)C(=O)OCc2c1cc1n(c2=O)Cc2c-1nc1cc(F)c(C)c3c1c2C(NC(=O)C12CC(NC)(C1)C2)CC3. The lowest BCUT2D eigenvalue weighted by atomic mass is 9.39. The quantitative estimate of drug-likeness (QED) is 0.329. The maximum absolute atomic E-state index is 15.1. The van der Waals surface area contributed by atoms with E-state index in [-0.39, 0.29) is 65.0 Å². The first-order valence-electron chi connectivity index (χ1n) is 14.4. The number of pyridine rings is 2. The number of hydrogen-bond donors (Lipinski definition) is 3. The van der Waals surface area contributed by atoms with Crippen LogP contribution in [0, 0.1) is 18.2 Å². The van der Waals surface area contributed by atoms with E-state index in [0.29, 0.717) is 35.3 Å². The fourth-order valence-electron chi connectivity index (χ4n) is 8.30. The summed E-state index contributed by atoms with van der Waals surface area (Å²) in [7, 11) is 1.94. The molecule has 0 saturated heterocycles. The van der Waals surface area contributed by atoms with Gasteiger partial charge >= 0.3 is 5.97 Å². The molecule has 3 aromatic rings. The standard InChI is InChI=1S/C31H31FN4O5/c1-4-31(40)18-7-22-25-16(9-36(22)26(37)17(18)10-41-28(31)39)24-20(35-27(38)29-11-30(12-29,13-29)33-3)6-5-15-14(2)19(32)8-21(34-25)23(15)24/h7-8,20,33,40H,4-6,9-13H2,1-3H3,(H,35,38)/t20?,29?,30?,31-/m0/s1. The van der Waals surface area contributed by atoms with Crippen molar-refractivity contribution in [2.24, 2.45) is 5.41 Å². The number of amides is 1. The average molecular weight is 559 g/mol. The smallest absolute Gasteiger partial charge is 0.343 e. The third-order valence-corrected chi connectivity index (χ3v) is 10.7. The molecule has 2 bridgehead atoms. The molecule has 2 aliphatic heterocycles. The highest BCUT2D eigenvalue weighted by Gasteiger charge is 2.71. The third kappa shape index (κ3) is 2.97. The molecule has 3 N–H and O–H groups in total. The van der Waals surface area contributed by atoms with Crippen molar-refractivity contribution in [3.8, 4) is 11.4 Å². The van der Waals surface area contributed by atoms with E-state index >= 15 is 4.39 Å². The Bertz CT molecular complexity index is 1810. The molecule has 1 unspecified atom stereocenters. The van der Waals surface area contributed by atoms with Gasteiger partial charge in [-0.05, 0) is 75.3 Å². The number of carbonyl (C=O) groups is 2. The zero-order valence-corrected chi connectivity index (χ0v) is 23.2. The summed E-state index contributed by atoms with van der Waals surface area (Å²) in [6, 6.07) is 2.79. The number of nitrogens with one attached hydrogen (secondary N) is 2. The van der Waals surface area contributed by atoms with Gasteiger partial charge in [0.25, 0.3) is 5.56 Å². The average Bonchev–Trinajstić information content (AvgIpc) is 3.27. The maximum Gasteiger partial charge on any atom is 0.343 e. The zero-order chi connectivity index (χ0) is 28.6. The number of hydrogen-bond acceptors (Lipinski definition) is 7. The van der Waals surface area contributed by atoms with Gasteiger partial charge in [-0.25, -0.2) is 14.2 Å². The molecule has 9 rings (SSSR count). The van der Waals surface area contributed by atoms with E-state index in [1.807, 2.05) is 7.05 Å². The summed E-state index contributed by atoms with van der Waals surface area (Å²) in [5.74, 6) is -1.08. The monoisotopic (exact) mass is 558 g/mol. The van der Waals surface area contributed by atoms with E-state index in [1.54, 1.807) is 24.5 Å². The number of fused-ring (bicyclic) bond motifs is 5. The molecule has 10 heteroatoms. The first-order chi connectivity index (χ1) is 19.5. The summed E-state index contributed by atoms with van der Waals surface area (Å²) in [6.07, 6.45) is 3.75. The van der Waals surface area contributed by atoms with Crippen molar-refractivity contribution < 1.29 is 23.8 Å². The van der Waals surface area contributed by atoms with Gasteiger partial charge < -0.3 is 25.0 Å². The van der Waals surface area contributed by atoms with Gasteiger partial charge in [-0.3, -0.25) is 9.59 Å². The highest BCUT2D eigenvalue weighted by atomic mass is 19.1. The van der Waals surface area contributed by atoms with Gasteiger partial charge in [-0.1, -0.05) is 6.92 Å². The molecule has 1 aromatic carbocycles. The van der Waals surface area contributed by atoms with Crippen molar-refractivity contribution in [3.63, 3.8) is 0 Å². The highest BCUT2D eigenvalue weighted by Crippen LogP contribution is 2.67. The van der Waals surface area contributed by atoms with Crippen LogP contribution < -0.4 is 16.2 Å². The van der Waals surface area contributed by atoms with Crippen LogP contribution in [0.25, 0.3) is 22.3 Å². The molecule has 3 fully saturated rings. The second-order valence-electron chi connectivity index (χ2n) is 12.7. The van der Waals surface area contributed by atoms with Gasteiger partial charge in [0.05, 0.1) is 40.5 Å². The Hall–Kier alpha value is -3.63. The first kappa shape index (κ1) is 25.1. The molecule has 4 heterocycles. The van der Waals surface area contributed by atoms with Crippen LogP contribution in [0.15, 0.2) is 16.9 Å². The van der Waals surface area contributed by atoms with Crippen molar-refractivity contribution in [2.45, 2.75) is 82.7 Å². The molecule has 0 radical (unpaired) electrons. The van der Waals surface area contributed by atoms with Gasteiger partial charge in [0.15, 0.2) is 5.60 Å². The van der Waals surface area contributed by atoms with Crippen LogP contribution in [-0.2, 0) is 39.5 Å². The number of nitrogens with zero attached hydrogens (tertiary/aromatic N) is 2. The largest absolute Gasteiger partial charge is 0.458 e. The predicted octanol–water partition coefficient (Wildman–Crippen LogP) is 2.77. The maximum atomic E-state index is 15.1. The second-order valence-corrected chi connectivity index (χ2v) is 12.7. The molecule has 1 amide bonds. The molecular weight excluding hydrogens is 527 g/mol. The van der Waals surface area contributed by atoms with Gasteiger partial charge in [-0.15, -0.1) is 0 Å². The lowest BCUT2D eigenvalue weighted by Gasteiger charge is -2.69. The fourth-order valence-corrected chi connectivity index (χ4v) is 8.30. The Morgan fingerprint density at radius 2 is 1.98 bits per heavy atom. The molecule has 0 spiro atoms. The van der Waals surface area contributed by atoms with Crippen molar-refractivity contribution in [2.75, 3.05) is 7.05 Å². The van der Waals surface area contributed by atoms with E-state index in [4.69, 9.17) is 9.72 Å². The number of aryl methyl sites for hydroxylation is 1. The van der Waals surface area contributed by atoms with Gasteiger partial charge in [0.2, 0.25) is 5.91 Å². The number of aromatic nitrogens is 2. The van der Waals surface area contributed by atoms with E-state index < -0.39 is 11.6 Å². The summed E-state index contributed by atoms with van der Waals surface area (Å²) >= 11 is 0. The number of rotatable bonds is 4. The summed E-state index contributed by atoms with van der Waals surface area (Å²) in [6.45, 7) is 3.45. The number of carbonyl (C=O) groups excluding carboxylic acids is 2. The van der Waals surface area contributed by atoms with Crippen LogP contribution in [0.3, 0.4) is 0 Å². The minimum Gasteiger partial charge on any atom is -0.458 e. The summed E-state index contributed by atoms with van der Waals surface area (Å²) in [5.41, 5.74) is 2.56. The van der Waals surface area contributed by atoms with E-state index in [2.05, 4.69) is 10.6 Å². The second kappa shape index (κ2) is 7.80. The number of ether oxygens (including phenoxy) is 1. The number of aliphatic hydroxyl groups is 1. The molecule has 2 atom stereocenters. The van der Waals surface area contributed by atoms with Crippen LogP contribution in [-0.4, -0.2) is 39.1 Å².